The van der Waals surface area contributed by atoms with E-state index in [4.69, 9.17) is 5.73 Å². The van der Waals surface area contributed by atoms with Crippen LogP contribution >= 0.6 is 0 Å². The van der Waals surface area contributed by atoms with Crippen LogP contribution in [0.25, 0.3) is 0 Å². The zero-order valence-electron chi connectivity index (χ0n) is 11.1. The molecule has 0 aromatic carbocycles. The summed E-state index contributed by atoms with van der Waals surface area (Å²) in [5.74, 6) is 0. The van der Waals surface area contributed by atoms with Gasteiger partial charge in [0.15, 0.2) is 0 Å². The Morgan fingerprint density at radius 2 is 1.31 bits per heavy atom. The summed E-state index contributed by atoms with van der Waals surface area (Å²) in [6.45, 7) is 2.96. The summed E-state index contributed by atoms with van der Waals surface area (Å²) in [5.41, 5.74) is 5.40. The van der Waals surface area contributed by atoms with Crippen molar-refractivity contribution in [2.24, 2.45) is 5.73 Å². The standard InChI is InChI=1S/C14H31NO/c1-2-3-4-5-6-7-8-9-11-14(16)12-10-13-15/h14,16H,2-13,15H2,1H3. The smallest absolute Gasteiger partial charge is 0.0540 e. The molecule has 0 aromatic rings. The van der Waals surface area contributed by atoms with Crippen LogP contribution in [0.2, 0.25) is 0 Å². The van der Waals surface area contributed by atoms with Gasteiger partial charge in [0.05, 0.1) is 6.10 Å². The molecule has 0 aliphatic rings. The molecule has 0 saturated carbocycles. The Balaban J connectivity index is 3.02. The first-order valence-electron chi connectivity index (χ1n) is 7.19. The van der Waals surface area contributed by atoms with Crippen molar-refractivity contribution < 1.29 is 5.11 Å². The third-order valence-electron chi connectivity index (χ3n) is 3.13. The molecule has 98 valence electrons. The largest absolute Gasteiger partial charge is 0.393 e. The van der Waals surface area contributed by atoms with Gasteiger partial charge in [-0.05, 0) is 25.8 Å². The fourth-order valence-corrected chi connectivity index (χ4v) is 2.01. The van der Waals surface area contributed by atoms with Crippen LogP contribution in [-0.2, 0) is 0 Å². The summed E-state index contributed by atoms with van der Waals surface area (Å²) in [5, 5.41) is 9.60. The van der Waals surface area contributed by atoms with E-state index < -0.39 is 0 Å². The van der Waals surface area contributed by atoms with Crippen molar-refractivity contribution in [2.75, 3.05) is 6.54 Å². The summed E-state index contributed by atoms with van der Waals surface area (Å²) >= 11 is 0. The minimum absolute atomic E-state index is 0.108. The highest BCUT2D eigenvalue weighted by atomic mass is 16.3. The van der Waals surface area contributed by atoms with Crippen LogP contribution in [0.3, 0.4) is 0 Å². The van der Waals surface area contributed by atoms with Gasteiger partial charge >= 0.3 is 0 Å². The molecule has 0 fully saturated rings. The number of nitrogens with two attached hydrogens (primary N) is 1. The highest BCUT2D eigenvalue weighted by molar-refractivity contribution is 4.57. The van der Waals surface area contributed by atoms with Gasteiger partial charge < -0.3 is 10.8 Å². The van der Waals surface area contributed by atoms with Gasteiger partial charge in [-0.3, -0.25) is 0 Å². The van der Waals surface area contributed by atoms with Crippen molar-refractivity contribution in [1.82, 2.24) is 0 Å². The van der Waals surface area contributed by atoms with Gasteiger partial charge in [-0.2, -0.15) is 0 Å². The van der Waals surface area contributed by atoms with Crippen LogP contribution < -0.4 is 5.73 Å². The average Bonchev–Trinajstić information content (AvgIpc) is 2.30. The molecule has 1 atom stereocenters. The third-order valence-corrected chi connectivity index (χ3v) is 3.13. The number of hydrogen-bond acceptors (Lipinski definition) is 2. The summed E-state index contributed by atoms with van der Waals surface area (Å²) in [4.78, 5) is 0. The lowest BCUT2D eigenvalue weighted by Crippen LogP contribution is -2.09. The lowest BCUT2D eigenvalue weighted by atomic mass is 10.0. The molecule has 0 saturated heterocycles. The van der Waals surface area contributed by atoms with E-state index in [9.17, 15) is 5.11 Å². The molecular weight excluding hydrogens is 198 g/mol. The molecule has 0 radical (unpaired) electrons. The van der Waals surface area contributed by atoms with Crippen LogP contribution in [-0.4, -0.2) is 17.8 Å². The minimum Gasteiger partial charge on any atom is -0.393 e. The highest BCUT2D eigenvalue weighted by Crippen LogP contribution is 2.12. The van der Waals surface area contributed by atoms with Crippen molar-refractivity contribution in [2.45, 2.75) is 83.7 Å². The molecule has 0 rings (SSSR count). The quantitative estimate of drug-likeness (QED) is 0.502. The van der Waals surface area contributed by atoms with Crippen LogP contribution in [0, 0.1) is 0 Å². The first-order valence-corrected chi connectivity index (χ1v) is 7.19. The highest BCUT2D eigenvalue weighted by Gasteiger charge is 2.02. The fourth-order valence-electron chi connectivity index (χ4n) is 2.01. The summed E-state index contributed by atoms with van der Waals surface area (Å²) in [7, 11) is 0. The molecule has 0 spiro atoms. The average molecular weight is 229 g/mol. The Kier molecular flexibility index (Phi) is 12.9. The number of rotatable bonds is 12. The number of hydrogen-bond donors (Lipinski definition) is 2. The fraction of sp³-hybridized carbons (Fsp3) is 1.00. The maximum absolute atomic E-state index is 9.60. The van der Waals surface area contributed by atoms with Gasteiger partial charge in [-0.1, -0.05) is 58.3 Å². The molecule has 0 aliphatic carbocycles. The number of unbranched alkanes of at least 4 members (excludes halogenated alkanes) is 7. The molecule has 0 amide bonds. The molecule has 16 heavy (non-hydrogen) atoms. The van der Waals surface area contributed by atoms with Gasteiger partial charge in [0.1, 0.15) is 0 Å². The van der Waals surface area contributed by atoms with Crippen LogP contribution in [0.15, 0.2) is 0 Å². The van der Waals surface area contributed by atoms with E-state index >= 15 is 0 Å². The zero-order valence-corrected chi connectivity index (χ0v) is 11.1. The van der Waals surface area contributed by atoms with Gasteiger partial charge in [0.25, 0.3) is 0 Å². The summed E-state index contributed by atoms with van der Waals surface area (Å²) < 4.78 is 0. The molecule has 0 aliphatic heterocycles. The second-order valence-electron chi connectivity index (χ2n) is 4.85. The zero-order chi connectivity index (χ0) is 12.1. The topological polar surface area (TPSA) is 46.2 Å². The van der Waals surface area contributed by atoms with E-state index in [2.05, 4.69) is 6.92 Å². The van der Waals surface area contributed by atoms with Crippen molar-refractivity contribution in [3.8, 4) is 0 Å². The molecule has 0 aromatic heterocycles. The second-order valence-corrected chi connectivity index (χ2v) is 4.85. The summed E-state index contributed by atoms with van der Waals surface area (Å²) in [6, 6.07) is 0. The van der Waals surface area contributed by atoms with Crippen molar-refractivity contribution >= 4 is 0 Å². The Morgan fingerprint density at radius 3 is 1.88 bits per heavy atom. The Hall–Kier alpha value is -0.0800. The monoisotopic (exact) mass is 229 g/mol. The number of aliphatic hydroxyl groups excluding tert-OH is 1. The van der Waals surface area contributed by atoms with Crippen LogP contribution in [0.1, 0.15) is 77.6 Å². The Bertz CT molecular complexity index is 128. The molecule has 2 nitrogen and oxygen atoms in total. The van der Waals surface area contributed by atoms with Gasteiger partial charge in [0, 0.05) is 0 Å². The first kappa shape index (κ1) is 15.9. The molecule has 0 heterocycles. The van der Waals surface area contributed by atoms with Crippen molar-refractivity contribution in [1.29, 1.82) is 0 Å². The van der Waals surface area contributed by atoms with Crippen molar-refractivity contribution in [3.05, 3.63) is 0 Å². The van der Waals surface area contributed by atoms with Gasteiger partial charge in [-0.15, -0.1) is 0 Å². The normalized spacial score (nSPS) is 12.9. The first-order chi connectivity index (χ1) is 7.81. The SMILES string of the molecule is CCCCCCCCCCC(O)CCCN. The van der Waals surface area contributed by atoms with E-state index in [-0.39, 0.29) is 6.10 Å². The molecule has 2 heteroatoms. The lowest BCUT2D eigenvalue weighted by Gasteiger charge is -2.09. The van der Waals surface area contributed by atoms with Crippen LogP contribution in [0.5, 0.6) is 0 Å². The lowest BCUT2D eigenvalue weighted by molar-refractivity contribution is 0.149. The van der Waals surface area contributed by atoms with Gasteiger partial charge in [-0.25, -0.2) is 0 Å². The van der Waals surface area contributed by atoms with E-state index in [0.29, 0.717) is 6.54 Å². The Morgan fingerprint density at radius 1 is 0.812 bits per heavy atom. The number of aliphatic hydroxyl groups is 1. The molecule has 1 unspecified atom stereocenters. The van der Waals surface area contributed by atoms with Crippen LogP contribution in [0.4, 0.5) is 0 Å². The summed E-state index contributed by atoms with van der Waals surface area (Å²) in [6.07, 6.45) is 13.4. The third kappa shape index (κ3) is 12.0. The Labute approximate surface area is 102 Å². The predicted octanol–water partition coefficient (Wildman–Crippen LogP) is 3.62. The molecular formula is C14H31NO. The van der Waals surface area contributed by atoms with E-state index in [0.717, 1.165) is 19.3 Å². The molecule has 3 N–H and O–H groups in total. The maximum atomic E-state index is 9.60. The second kappa shape index (κ2) is 13.0. The van der Waals surface area contributed by atoms with E-state index in [1.165, 1.54) is 51.4 Å². The van der Waals surface area contributed by atoms with Crippen molar-refractivity contribution in [3.63, 3.8) is 0 Å². The minimum atomic E-state index is -0.108. The van der Waals surface area contributed by atoms with Gasteiger partial charge in [0.2, 0.25) is 0 Å². The maximum Gasteiger partial charge on any atom is 0.0540 e. The molecule has 0 bridgehead atoms. The van der Waals surface area contributed by atoms with E-state index in [1.807, 2.05) is 0 Å². The van der Waals surface area contributed by atoms with E-state index in [1.54, 1.807) is 0 Å². The predicted molar refractivity (Wildman–Crippen MR) is 71.5 cm³/mol.